The molecule has 2 aliphatic heterocycles. The number of ether oxygens (including phenoxy) is 2. The van der Waals surface area contributed by atoms with Gasteiger partial charge in [0.05, 0.1) is 101 Å². The fourth-order valence-corrected chi connectivity index (χ4v) is 18.4. The van der Waals surface area contributed by atoms with Gasteiger partial charge in [0, 0.05) is 62.2 Å². The third kappa shape index (κ3) is 19.2. The van der Waals surface area contributed by atoms with Gasteiger partial charge in [-0.25, -0.2) is 16.8 Å². The zero-order chi connectivity index (χ0) is 62.8. The Hall–Kier alpha value is -4.18. The van der Waals surface area contributed by atoms with Crippen molar-refractivity contribution in [1.82, 2.24) is 0 Å². The zero-order valence-corrected chi connectivity index (χ0v) is 57.2. The second kappa shape index (κ2) is 32.5. The number of hydrogen-bond acceptors (Lipinski definition) is 10. The van der Waals surface area contributed by atoms with Crippen molar-refractivity contribution in [2.45, 2.75) is 203 Å². The summed E-state index contributed by atoms with van der Waals surface area (Å²) in [7, 11) is 10.0. The van der Waals surface area contributed by atoms with Gasteiger partial charge in [-0.1, -0.05) is 103 Å². The standard InChI is InChI=1S/C72H116N4O8S2/c1-13-17-43-71(44-18-14-2)55-85(79,80)65-41-35-59(73(5)6)53-63(65)67(69(71)77)57-31-37-61(38-32-57)83-51-29-23-27-49-75(9,10)47-25-21-22-26-48-76(11,12)50-28-24-30-52-84-62-39-33-58(34-40-62)68-64-54-60(74(7)8)36-42-66(64)86(81,82)56-72(70(68)78,45-19-15-3)46-20-16-4/h31-42,53-54,67-70,77-78H,13-30,43-52,55-56H2,1-12H3/q+2/t67-,68-,69-,70-/m1/s1. The lowest BCUT2D eigenvalue weighted by Gasteiger charge is -2.40. The van der Waals surface area contributed by atoms with E-state index < -0.39 is 54.5 Å². The van der Waals surface area contributed by atoms with Crippen LogP contribution in [0.5, 0.6) is 11.5 Å². The van der Waals surface area contributed by atoms with Crippen LogP contribution in [-0.4, -0.2) is 156 Å². The Labute approximate surface area is 523 Å². The van der Waals surface area contributed by atoms with Crippen LogP contribution in [0.3, 0.4) is 0 Å². The van der Waals surface area contributed by atoms with E-state index in [1.165, 1.54) is 38.8 Å². The second-order valence-electron chi connectivity index (χ2n) is 27.9. The summed E-state index contributed by atoms with van der Waals surface area (Å²) < 4.78 is 71.6. The molecule has 86 heavy (non-hydrogen) atoms. The molecule has 0 fully saturated rings. The van der Waals surface area contributed by atoms with E-state index in [9.17, 15) is 27.0 Å². The maximum Gasteiger partial charge on any atom is 0.179 e. The van der Waals surface area contributed by atoms with Gasteiger partial charge in [0.1, 0.15) is 11.5 Å². The summed E-state index contributed by atoms with van der Waals surface area (Å²) in [4.78, 5) is 4.68. The minimum absolute atomic E-state index is 0.0317. The number of fused-ring (bicyclic) bond motifs is 2. The van der Waals surface area contributed by atoms with Crippen molar-refractivity contribution >= 4 is 31.0 Å². The van der Waals surface area contributed by atoms with Crippen LogP contribution >= 0.6 is 0 Å². The lowest BCUT2D eigenvalue weighted by Crippen LogP contribution is -2.43. The Kier molecular flexibility index (Phi) is 26.8. The van der Waals surface area contributed by atoms with Gasteiger partial charge in [0.25, 0.3) is 0 Å². The summed E-state index contributed by atoms with van der Waals surface area (Å²) in [6.45, 7) is 14.5. The average Bonchev–Trinajstić information content (AvgIpc) is 1.65. The minimum atomic E-state index is -3.66. The molecule has 0 saturated heterocycles. The molecule has 4 aromatic carbocycles. The zero-order valence-electron chi connectivity index (χ0n) is 55.6. The summed E-state index contributed by atoms with van der Waals surface area (Å²) in [6.07, 6.45) is 19.8. The molecular formula is C72H116N4O8S2+2. The first-order chi connectivity index (χ1) is 40.9. The van der Waals surface area contributed by atoms with Crippen LogP contribution in [0.2, 0.25) is 0 Å². The van der Waals surface area contributed by atoms with Crippen LogP contribution in [0, 0.1) is 10.8 Å². The van der Waals surface area contributed by atoms with Crippen LogP contribution in [-0.2, 0) is 19.7 Å². The molecule has 6 rings (SSSR count). The van der Waals surface area contributed by atoms with Crippen LogP contribution in [0.15, 0.2) is 94.7 Å². The number of rotatable bonds is 37. The third-order valence-electron chi connectivity index (χ3n) is 19.4. The molecule has 0 aromatic heterocycles. The summed E-state index contributed by atoms with van der Waals surface area (Å²) in [5, 5.41) is 25.1. The van der Waals surface area contributed by atoms with Crippen molar-refractivity contribution in [3.8, 4) is 11.5 Å². The molecule has 12 nitrogen and oxygen atoms in total. The van der Waals surface area contributed by atoms with E-state index in [2.05, 4.69) is 55.9 Å². The first-order valence-corrected chi connectivity index (χ1v) is 36.7. The first kappa shape index (κ1) is 70.9. The molecule has 0 bridgehead atoms. The maximum atomic E-state index is 14.3. The molecule has 4 atom stereocenters. The van der Waals surface area contributed by atoms with Crippen LogP contribution in [0.1, 0.15) is 203 Å². The first-order valence-electron chi connectivity index (χ1n) is 33.4. The SMILES string of the molecule is CCCCC1(CCCC)CS(=O)(=O)c2ccc(N(C)C)cc2[C@@H](c2ccc(OCCCCC[N+](C)(C)CCCCCC[N+](C)(C)CCCCCOc3ccc([C@@H]4c5cc(N(C)C)ccc5S(=O)(=O)CC(CCCC)(CCCC)[C@@H]4O)cc3)cc2)[C@H]1O. The Bertz CT molecular complexity index is 2690. The smallest absolute Gasteiger partial charge is 0.179 e. The number of sulfone groups is 2. The quantitative estimate of drug-likeness (QED) is 0.0332. The Balaban J connectivity index is 0.883. The molecule has 14 heteroatoms. The van der Waals surface area contributed by atoms with Gasteiger partial charge in [-0.2, -0.15) is 0 Å². The van der Waals surface area contributed by atoms with Crippen molar-refractivity contribution in [3.63, 3.8) is 0 Å². The topological polar surface area (TPSA) is 134 Å². The average molecular weight is 1230 g/mol. The fraction of sp³-hybridized carbons (Fsp3) is 0.667. The van der Waals surface area contributed by atoms with Crippen molar-refractivity contribution in [2.75, 3.05) is 117 Å². The van der Waals surface area contributed by atoms with Gasteiger partial charge >= 0.3 is 0 Å². The molecule has 0 amide bonds. The third-order valence-corrected chi connectivity index (χ3v) is 23.4. The van der Waals surface area contributed by atoms with E-state index in [0.29, 0.717) is 59.8 Å². The molecular weight excluding hydrogens is 1110 g/mol. The number of anilines is 2. The van der Waals surface area contributed by atoms with E-state index in [1.807, 2.05) is 111 Å². The van der Waals surface area contributed by atoms with E-state index in [0.717, 1.165) is 146 Å². The molecule has 482 valence electrons. The van der Waals surface area contributed by atoms with E-state index in [1.54, 1.807) is 12.1 Å². The fourth-order valence-electron chi connectivity index (χ4n) is 14.0. The number of benzene rings is 4. The predicted octanol–water partition coefficient (Wildman–Crippen LogP) is 14.6. The molecule has 2 aliphatic rings. The van der Waals surface area contributed by atoms with Gasteiger partial charge in [-0.3, -0.25) is 0 Å². The summed E-state index contributed by atoms with van der Waals surface area (Å²) in [5.41, 5.74) is 3.58. The van der Waals surface area contributed by atoms with E-state index in [4.69, 9.17) is 9.47 Å². The number of hydrogen-bond donors (Lipinski definition) is 2. The van der Waals surface area contributed by atoms with Crippen LogP contribution in [0.4, 0.5) is 11.4 Å². The molecule has 0 aliphatic carbocycles. The summed E-state index contributed by atoms with van der Waals surface area (Å²) in [6, 6.07) is 27.4. The molecule has 4 aromatic rings. The molecule has 0 saturated carbocycles. The number of quaternary nitrogens is 2. The highest BCUT2D eigenvalue weighted by atomic mass is 32.2. The molecule has 2 N–H and O–H groups in total. The van der Waals surface area contributed by atoms with E-state index in [-0.39, 0.29) is 11.5 Å². The Morgan fingerprint density at radius 1 is 0.442 bits per heavy atom. The largest absolute Gasteiger partial charge is 0.494 e. The minimum Gasteiger partial charge on any atom is -0.494 e. The van der Waals surface area contributed by atoms with E-state index >= 15 is 0 Å². The van der Waals surface area contributed by atoms with Crippen molar-refractivity contribution in [2.24, 2.45) is 10.8 Å². The maximum absolute atomic E-state index is 14.3. The number of aliphatic hydroxyl groups excluding tert-OH is 2. The Morgan fingerprint density at radius 2 is 0.744 bits per heavy atom. The van der Waals surface area contributed by atoms with Gasteiger partial charge in [-0.05, 0) is 173 Å². The van der Waals surface area contributed by atoms with Gasteiger partial charge in [0.2, 0.25) is 0 Å². The van der Waals surface area contributed by atoms with Crippen LogP contribution < -0.4 is 19.3 Å². The highest BCUT2D eigenvalue weighted by Crippen LogP contribution is 2.52. The lowest BCUT2D eigenvalue weighted by atomic mass is 9.68. The molecule has 0 spiro atoms. The van der Waals surface area contributed by atoms with Crippen molar-refractivity contribution in [3.05, 3.63) is 107 Å². The molecule has 0 radical (unpaired) electrons. The Morgan fingerprint density at radius 3 is 1.03 bits per heavy atom. The number of unbranched alkanes of at least 4 members (excludes halogenated alkanes) is 11. The normalized spacial score (nSPS) is 19.7. The summed E-state index contributed by atoms with van der Waals surface area (Å²) >= 11 is 0. The number of aliphatic hydroxyl groups is 2. The molecule has 0 unspecified atom stereocenters. The highest BCUT2D eigenvalue weighted by Gasteiger charge is 2.51. The van der Waals surface area contributed by atoms with Crippen molar-refractivity contribution in [1.29, 1.82) is 0 Å². The van der Waals surface area contributed by atoms with Crippen molar-refractivity contribution < 1.29 is 45.5 Å². The monoisotopic (exact) mass is 1230 g/mol. The highest BCUT2D eigenvalue weighted by molar-refractivity contribution is 7.91. The molecule has 2 heterocycles. The van der Waals surface area contributed by atoms with Gasteiger partial charge in [-0.15, -0.1) is 0 Å². The second-order valence-corrected chi connectivity index (χ2v) is 31.8. The van der Waals surface area contributed by atoms with Crippen LogP contribution in [0.25, 0.3) is 0 Å². The summed E-state index contributed by atoms with van der Waals surface area (Å²) in [5.74, 6) is 0.574. The lowest BCUT2D eigenvalue weighted by molar-refractivity contribution is -0.891. The van der Waals surface area contributed by atoms with Gasteiger partial charge < -0.3 is 38.5 Å². The predicted molar refractivity (Wildman–Crippen MR) is 358 cm³/mol. The number of nitrogens with zero attached hydrogens (tertiary/aromatic N) is 4. The van der Waals surface area contributed by atoms with Gasteiger partial charge in [0.15, 0.2) is 19.7 Å².